The molecule has 0 spiro atoms. The number of nitrogens with zero attached hydrogens (tertiary/aromatic N) is 1. The second-order valence-electron chi connectivity index (χ2n) is 5.81. The maximum absolute atomic E-state index is 12.5. The van der Waals surface area contributed by atoms with Crippen LogP contribution in [0, 0.1) is 6.92 Å². The van der Waals surface area contributed by atoms with Crippen molar-refractivity contribution in [3.8, 4) is 0 Å². The Kier molecular flexibility index (Phi) is 4.91. The first-order valence-corrected chi connectivity index (χ1v) is 7.98. The molecule has 1 N–H and O–H groups in total. The molecule has 0 aromatic heterocycles. The van der Waals surface area contributed by atoms with Gasteiger partial charge in [0.25, 0.3) is 11.8 Å². The van der Waals surface area contributed by atoms with Crippen LogP contribution in [-0.2, 0) is 4.74 Å². The van der Waals surface area contributed by atoms with E-state index < -0.39 is 0 Å². The summed E-state index contributed by atoms with van der Waals surface area (Å²) in [5.74, 6) is -0.226. The Morgan fingerprint density at radius 1 is 1.00 bits per heavy atom. The van der Waals surface area contributed by atoms with Gasteiger partial charge >= 0.3 is 0 Å². The smallest absolute Gasteiger partial charge is 0.255 e. The average molecular weight is 324 g/mol. The summed E-state index contributed by atoms with van der Waals surface area (Å²) in [4.78, 5) is 26.6. The third-order valence-corrected chi connectivity index (χ3v) is 3.98. The fraction of sp³-hybridized carbons (Fsp3) is 0.263. The average Bonchev–Trinajstić information content (AvgIpc) is 2.62. The van der Waals surface area contributed by atoms with Crippen LogP contribution in [0.2, 0.25) is 0 Å². The summed E-state index contributed by atoms with van der Waals surface area (Å²) in [7, 11) is 0. The van der Waals surface area contributed by atoms with E-state index in [1.54, 1.807) is 41.3 Å². The minimum atomic E-state index is -0.189. The molecular weight excluding hydrogens is 304 g/mol. The lowest BCUT2D eigenvalue weighted by molar-refractivity contribution is 0.0303. The number of ether oxygens (including phenoxy) is 1. The van der Waals surface area contributed by atoms with Gasteiger partial charge in [-0.15, -0.1) is 0 Å². The number of benzene rings is 2. The number of carbonyl (C=O) groups is 2. The van der Waals surface area contributed by atoms with Crippen molar-refractivity contribution in [2.24, 2.45) is 0 Å². The summed E-state index contributed by atoms with van der Waals surface area (Å²) < 4.78 is 5.27. The minimum Gasteiger partial charge on any atom is -0.378 e. The summed E-state index contributed by atoms with van der Waals surface area (Å²) in [6.07, 6.45) is 0. The summed E-state index contributed by atoms with van der Waals surface area (Å²) in [6, 6.07) is 14.4. The number of rotatable bonds is 3. The molecule has 0 saturated carbocycles. The van der Waals surface area contributed by atoms with Crippen LogP contribution >= 0.6 is 0 Å². The first kappa shape index (κ1) is 16.2. The Morgan fingerprint density at radius 2 is 1.71 bits per heavy atom. The van der Waals surface area contributed by atoms with Gasteiger partial charge in [0, 0.05) is 29.9 Å². The van der Waals surface area contributed by atoms with Crippen LogP contribution in [0.4, 0.5) is 5.69 Å². The quantitative estimate of drug-likeness (QED) is 0.944. The van der Waals surface area contributed by atoms with Gasteiger partial charge in [0.15, 0.2) is 0 Å². The molecule has 24 heavy (non-hydrogen) atoms. The largest absolute Gasteiger partial charge is 0.378 e. The van der Waals surface area contributed by atoms with Gasteiger partial charge in [-0.25, -0.2) is 0 Å². The van der Waals surface area contributed by atoms with Gasteiger partial charge in [0.2, 0.25) is 0 Å². The van der Waals surface area contributed by atoms with Gasteiger partial charge in [-0.2, -0.15) is 0 Å². The summed E-state index contributed by atoms with van der Waals surface area (Å²) in [6.45, 7) is 4.30. The van der Waals surface area contributed by atoms with Crippen molar-refractivity contribution in [2.45, 2.75) is 6.92 Å². The lowest BCUT2D eigenvalue weighted by atomic mass is 10.1. The molecule has 1 fully saturated rings. The molecule has 0 unspecified atom stereocenters. The van der Waals surface area contributed by atoms with Crippen LogP contribution in [0.25, 0.3) is 0 Å². The third-order valence-electron chi connectivity index (χ3n) is 3.98. The molecule has 0 radical (unpaired) electrons. The molecule has 0 aliphatic carbocycles. The van der Waals surface area contributed by atoms with Gasteiger partial charge in [0.05, 0.1) is 13.2 Å². The molecule has 5 heteroatoms. The highest BCUT2D eigenvalue weighted by atomic mass is 16.5. The number of nitrogens with one attached hydrogen (secondary N) is 1. The molecule has 2 amide bonds. The second kappa shape index (κ2) is 7.27. The molecule has 0 atom stereocenters. The molecular formula is C19H20N2O3. The zero-order valence-corrected chi connectivity index (χ0v) is 13.6. The summed E-state index contributed by atoms with van der Waals surface area (Å²) in [5, 5.41) is 2.84. The lowest BCUT2D eigenvalue weighted by Crippen LogP contribution is -2.40. The van der Waals surface area contributed by atoms with E-state index in [0.29, 0.717) is 43.1 Å². The molecule has 1 aliphatic heterocycles. The molecule has 2 aromatic carbocycles. The van der Waals surface area contributed by atoms with E-state index in [1.165, 1.54) is 0 Å². The second-order valence-corrected chi connectivity index (χ2v) is 5.81. The lowest BCUT2D eigenvalue weighted by Gasteiger charge is -2.27. The molecule has 1 saturated heterocycles. The van der Waals surface area contributed by atoms with Crippen molar-refractivity contribution >= 4 is 17.5 Å². The van der Waals surface area contributed by atoms with E-state index >= 15 is 0 Å². The molecule has 5 nitrogen and oxygen atoms in total. The zero-order valence-electron chi connectivity index (χ0n) is 13.6. The van der Waals surface area contributed by atoms with Gasteiger partial charge in [0.1, 0.15) is 0 Å². The maximum Gasteiger partial charge on any atom is 0.255 e. The van der Waals surface area contributed by atoms with Crippen molar-refractivity contribution in [1.29, 1.82) is 0 Å². The number of hydrogen-bond donors (Lipinski definition) is 1. The Balaban J connectivity index is 1.71. The van der Waals surface area contributed by atoms with Gasteiger partial charge in [-0.3, -0.25) is 9.59 Å². The topological polar surface area (TPSA) is 58.6 Å². The highest BCUT2D eigenvalue weighted by Gasteiger charge is 2.18. The Hall–Kier alpha value is -2.66. The van der Waals surface area contributed by atoms with E-state index in [4.69, 9.17) is 4.74 Å². The van der Waals surface area contributed by atoms with Crippen LogP contribution in [0.1, 0.15) is 26.3 Å². The predicted octanol–water partition coefficient (Wildman–Crippen LogP) is 2.72. The Morgan fingerprint density at radius 3 is 2.42 bits per heavy atom. The Bertz CT molecular complexity index is 735. The van der Waals surface area contributed by atoms with Gasteiger partial charge in [-0.1, -0.05) is 23.8 Å². The van der Waals surface area contributed by atoms with E-state index in [2.05, 4.69) is 5.32 Å². The SMILES string of the molecule is Cc1ccc(C(=O)Nc2cccc(C(=O)N3CCOCC3)c2)cc1. The van der Waals surface area contributed by atoms with Gasteiger partial charge < -0.3 is 15.0 Å². The first-order valence-electron chi connectivity index (χ1n) is 7.98. The highest BCUT2D eigenvalue weighted by Crippen LogP contribution is 2.15. The maximum atomic E-state index is 12.5. The van der Waals surface area contributed by atoms with Crippen LogP contribution in [0.3, 0.4) is 0 Å². The van der Waals surface area contributed by atoms with Crippen molar-refractivity contribution in [3.63, 3.8) is 0 Å². The van der Waals surface area contributed by atoms with E-state index in [1.807, 2.05) is 19.1 Å². The molecule has 1 aliphatic rings. The third kappa shape index (κ3) is 3.81. The monoisotopic (exact) mass is 324 g/mol. The number of carbonyl (C=O) groups excluding carboxylic acids is 2. The first-order chi connectivity index (χ1) is 11.6. The fourth-order valence-corrected chi connectivity index (χ4v) is 2.59. The van der Waals surface area contributed by atoms with E-state index in [9.17, 15) is 9.59 Å². The minimum absolute atomic E-state index is 0.0373. The predicted molar refractivity (Wildman–Crippen MR) is 92.3 cm³/mol. The van der Waals surface area contributed by atoms with E-state index in [0.717, 1.165) is 5.56 Å². The van der Waals surface area contributed by atoms with E-state index in [-0.39, 0.29) is 11.8 Å². The fourth-order valence-electron chi connectivity index (χ4n) is 2.59. The molecule has 1 heterocycles. The number of amides is 2. The Labute approximate surface area is 141 Å². The van der Waals surface area contributed by atoms with Crippen LogP contribution in [0.5, 0.6) is 0 Å². The van der Waals surface area contributed by atoms with Gasteiger partial charge in [-0.05, 0) is 37.3 Å². The van der Waals surface area contributed by atoms with Crippen LogP contribution in [-0.4, -0.2) is 43.0 Å². The number of aryl methyl sites for hydroxylation is 1. The normalized spacial score (nSPS) is 14.3. The molecule has 2 aromatic rings. The molecule has 3 rings (SSSR count). The van der Waals surface area contributed by atoms with Crippen molar-refractivity contribution in [1.82, 2.24) is 4.90 Å². The van der Waals surface area contributed by atoms with Crippen molar-refractivity contribution in [3.05, 3.63) is 65.2 Å². The van der Waals surface area contributed by atoms with Crippen molar-refractivity contribution in [2.75, 3.05) is 31.6 Å². The summed E-state index contributed by atoms with van der Waals surface area (Å²) in [5.41, 5.74) is 2.87. The number of hydrogen-bond acceptors (Lipinski definition) is 3. The molecule has 0 bridgehead atoms. The molecule has 124 valence electrons. The van der Waals surface area contributed by atoms with Crippen molar-refractivity contribution < 1.29 is 14.3 Å². The van der Waals surface area contributed by atoms with Crippen LogP contribution < -0.4 is 5.32 Å². The summed E-state index contributed by atoms with van der Waals surface area (Å²) >= 11 is 0. The van der Waals surface area contributed by atoms with Crippen LogP contribution in [0.15, 0.2) is 48.5 Å². The number of anilines is 1. The number of morpholine rings is 1. The standard InChI is InChI=1S/C19H20N2O3/c1-14-5-7-15(8-6-14)18(22)20-17-4-2-3-16(13-17)19(23)21-9-11-24-12-10-21/h2-8,13H,9-12H2,1H3,(H,20,22). The highest BCUT2D eigenvalue weighted by molar-refractivity contribution is 6.05. The zero-order chi connectivity index (χ0) is 16.9.